The first-order valence-corrected chi connectivity index (χ1v) is 12.6. The van der Waals surface area contributed by atoms with E-state index in [2.05, 4.69) is 62.4 Å². The smallest absolute Gasteiger partial charge is 0.359 e. The number of hydrogen-bond donors (Lipinski definition) is 1. The minimum absolute atomic E-state index is 0.178. The maximum absolute atomic E-state index is 11.6. The lowest BCUT2D eigenvalue weighted by Crippen LogP contribution is -2.37. The molecule has 12 nitrogen and oxygen atoms in total. The Kier molecular flexibility index (Phi) is 7.43. The predicted molar refractivity (Wildman–Crippen MR) is 143 cm³/mol. The molecule has 3 aromatic heterocycles. The van der Waals surface area contributed by atoms with Crippen LogP contribution in [0.25, 0.3) is 22.6 Å². The third kappa shape index (κ3) is 5.13. The van der Waals surface area contributed by atoms with Crippen LogP contribution in [0.2, 0.25) is 0 Å². The molecule has 1 aliphatic rings. The van der Waals surface area contributed by atoms with Gasteiger partial charge < -0.3 is 23.9 Å². The molecule has 0 aliphatic carbocycles. The summed E-state index contributed by atoms with van der Waals surface area (Å²) in [6.07, 6.45) is 3.68. The topological polar surface area (TPSA) is 137 Å². The summed E-state index contributed by atoms with van der Waals surface area (Å²) in [6.45, 7) is 8.12. The number of imidazole rings is 1. The number of ether oxygens (including phenoxy) is 1. The highest BCUT2D eigenvalue weighted by atomic mass is 16.7. The fourth-order valence-electron chi connectivity index (χ4n) is 4.41. The van der Waals surface area contributed by atoms with Crippen LogP contribution in [-0.2, 0) is 22.7 Å². The largest absolute Gasteiger partial charge is 0.378 e. The van der Waals surface area contributed by atoms with Gasteiger partial charge in [0, 0.05) is 44.6 Å². The number of carbonyl (C=O) groups excluding carboxylic acids is 1. The molecule has 0 amide bonds. The Morgan fingerprint density at radius 1 is 1.11 bits per heavy atom. The highest BCUT2D eigenvalue weighted by Gasteiger charge is 2.24. The summed E-state index contributed by atoms with van der Waals surface area (Å²) >= 11 is 0. The van der Waals surface area contributed by atoms with Gasteiger partial charge in [-0.25, -0.2) is 29.7 Å². The van der Waals surface area contributed by atoms with Crippen LogP contribution in [0, 0.1) is 6.92 Å². The zero-order valence-electron chi connectivity index (χ0n) is 21.8. The summed E-state index contributed by atoms with van der Waals surface area (Å²) in [5.41, 5.74) is 3.88. The van der Waals surface area contributed by atoms with Crippen molar-refractivity contribution in [3.05, 3.63) is 53.6 Å². The number of fused-ring (bicyclic) bond motifs is 1. The first-order chi connectivity index (χ1) is 18.5. The molecule has 4 heterocycles. The van der Waals surface area contributed by atoms with Crippen LogP contribution < -0.4 is 15.7 Å². The summed E-state index contributed by atoms with van der Waals surface area (Å²) in [7, 11) is 1.87. The van der Waals surface area contributed by atoms with E-state index in [0.29, 0.717) is 31.5 Å². The lowest BCUT2D eigenvalue weighted by atomic mass is 10.1. The van der Waals surface area contributed by atoms with Gasteiger partial charge in [-0.1, -0.05) is 36.8 Å². The van der Waals surface area contributed by atoms with Crippen molar-refractivity contribution in [1.82, 2.24) is 29.5 Å². The van der Waals surface area contributed by atoms with E-state index in [1.165, 1.54) is 18.0 Å². The van der Waals surface area contributed by atoms with Crippen LogP contribution in [0.1, 0.15) is 35.1 Å². The fourth-order valence-corrected chi connectivity index (χ4v) is 4.41. The van der Waals surface area contributed by atoms with E-state index in [1.54, 1.807) is 0 Å². The predicted octanol–water partition coefficient (Wildman–Crippen LogP) is 2.51. The Labute approximate surface area is 220 Å². The molecule has 4 aromatic rings. The first kappa shape index (κ1) is 25.5. The minimum Gasteiger partial charge on any atom is -0.378 e. The number of morpholine rings is 1. The van der Waals surface area contributed by atoms with E-state index in [0.717, 1.165) is 54.4 Å². The molecule has 0 saturated carbocycles. The van der Waals surface area contributed by atoms with Gasteiger partial charge in [-0.3, -0.25) is 0 Å². The van der Waals surface area contributed by atoms with Gasteiger partial charge in [0.1, 0.15) is 5.82 Å². The van der Waals surface area contributed by atoms with Crippen LogP contribution in [0.15, 0.2) is 36.7 Å². The maximum atomic E-state index is 11.6. The van der Waals surface area contributed by atoms with Gasteiger partial charge in [-0.15, -0.1) is 0 Å². The minimum atomic E-state index is -0.692. The van der Waals surface area contributed by atoms with E-state index in [-0.39, 0.29) is 5.56 Å². The molecule has 5 rings (SSSR count). The van der Waals surface area contributed by atoms with Crippen LogP contribution >= 0.6 is 0 Å². The Hall–Kier alpha value is -4.16. The molecule has 0 unspecified atom stereocenters. The van der Waals surface area contributed by atoms with Crippen LogP contribution in [0.5, 0.6) is 0 Å². The lowest BCUT2D eigenvalue weighted by Gasteiger charge is -2.28. The lowest BCUT2D eigenvalue weighted by molar-refractivity contribution is 0.0502. The van der Waals surface area contributed by atoms with Crippen LogP contribution in [0.4, 0.5) is 11.8 Å². The average Bonchev–Trinajstić information content (AvgIpc) is 3.29. The number of nitrogens with two attached hydrogens (primary N) is 1. The van der Waals surface area contributed by atoms with Crippen molar-refractivity contribution in [3.63, 3.8) is 0 Å². The number of rotatable bonds is 8. The van der Waals surface area contributed by atoms with Gasteiger partial charge in [0.05, 0.1) is 25.3 Å². The van der Waals surface area contributed by atoms with Gasteiger partial charge in [-0.2, -0.15) is 5.90 Å². The summed E-state index contributed by atoms with van der Waals surface area (Å²) in [6, 6.07) is 8.24. The molecule has 1 aromatic carbocycles. The van der Waals surface area contributed by atoms with Crippen molar-refractivity contribution in [2.24, 2.45) is 5.90 Å². The summed E-state index contributed by atoms with van der Waals surface area (Å²) in [4.78, 5) is 43.6. The van der Waals surface area contributed by atoms with Crippen molar-refractivity contribution in [2.75, 3.05) is 43.2 Å². The molecule has 2 N–H and O–H groups in total. The number of carbonyl (C=O) groups is 1. The number of aromatic nitrogens is 6. The van der Waals surface area contributed by atoms with E-state index in [1.807, 2.05) is 11.9 Å². The summed E-state index contributed by atoms with van der Waals surface area (Å²) in [5, 5.41) is 0. The van der Waals surface area contributed by atoms with Gasteiger partial charge >= 0.3 is 5.97 Å². The third-order valence-electron chi connectivity index (χ3n) is 6.42. The van der Waals surface area contributed by atoms with Crippen LogP contribution in [-0.4, -0.2) is 68.8 Å². The number of anilines is 2. The van der Waals surface area contributed by atoms with Crippen LogP contribution in [0.3, 0.4) is 0 Å². The quantitative estimate of drug-likeness (QED) is 0.345. The Bertz CT molecular complexity index is 1410. The molecule has 1 saturated heterocycles. The molecule has 0 bridgehead atoms. The monoisotopic (exact) mass is 517 g/mol. The van der Waals surface area contributed by atoms with Gasteiger partial charge in [0.25, 0.3) is 0 Å². The van der Waals surface area contributed by atoms with E-state index >= 15 is 0 Å². The SMILES string of the molecule is CCCn1c(CN(C)c2ncc(C(=O)ON)cn2)nc2c(N3CCOCC3)nc(-c3ccc(C)cc3)nc21. The maximum Gasteiger partial charge on any atom is 0.359 e. The highest BCUT2D eigenvalue weighted by molar-refractivity contribution is 5.88. The molecule has 1 fully saturated rings. The molecule has 1 aliphatic heterocycles. The van der Waals surface area contributed by atoms with Crippen molar-refractivity contribution in [3.8, 4) is 11.4 Å². The van der Waals surface area contributed by atoms with Crippen molar-refractivity contribution in [1.29, 1.82) is 0 Å². The second-order valence-electron chi connectivity index (χ2n) is 9.22. The van der Waals surface area contributed by atoms with E-state index < -0.39 is 5.97 Å². The number of hydrogen-bond acceptors (Lipinski definition) is 11. The van der Waals surface area contributed by atoms with Crippen molar-refractivity contribution in [2.45, 2.75) is 33.4 Å². The Morgan fingerprint density at radius 2 is 1.82 bits per heavy atom. The van der Waals surface area contributed by atoms with Crippen molar-refractivity contribution < 1.29 is 14.4 Å². The second kappa shape index (κ2) is 11.1. The number of aryl methyl sites for hydroxylation is 2. The third-order valence-corrected chi connectivity index (χ3v) is 6.42. The normalized spacial score (nSPS) is 13.6. The van der Waals surface area contributed by atoms with E-state index in [9.17, 15) is 4.79 Å². The zero-order valence-corrected chi connectivity index (χ0v) is 21.8. The van der Waals surface area contributed by atoms with Crippen molar-refractivity contribution >= 4 is 28.9 Å². The van der Waals surface area contributed by atoms with E-state index in [4.69, 9.17) is 25.6 Å². The number of benzene rings is 1. The Balaban J connectivity index is 1.57. The standard InChI is InChI=1S/C26H31N9O3/c1-4-9-35-20(16-33(3)26-28-14-19(15-29-26)25(36)38-27)30-21-23(34-10-12-37-13-11-34)31-22(32-24(21)35)18-7-5-17(2)6-8-18/h5-8,14-15H,4,9-13,16,27H2,1-3H3. The average molecular weight is 518 g/mol. The molecule has 12 heteroatoms. The zero-order chi connectivity index (χ0) is 26.6. The molecule has 0 atom stereocenters. The molecule has 38 heavy (non-hydrogen) atoms. The summed E-state index contributed by atoms with van der Waals surface area (Å²) < 4.78 is 7.74. The molecular formula is C26H31N9O3. The fraction of sp³-hybridized carbons (Fsp3) is 0.385. The summed E-state index contributed by atoms with van der Waals surface area (Å²) in [5.74, 6) is 7.01. The second-order valence-corrected chi connectivity index (χ2v) is 9.22. The first-order valence-electron chi connectivity index (χ1n) is 12.6. The molecule has 0 spiro atoms. The van der Waals surface area contributed by atoms with Gasteiger partial charge in [0.15, 0.2) is 22.8 Å². The number of nitrogens with zero attached hydrogens (tertiary/aromatic N) is 8. The van der Waals surface area contributed by atoms with Gasteiger partial charge in [0.2, 0.25) is 5.95 Å². The molecular weight excluding hydrogens is 486 g/mol. The Morgan fingerprint density at radius 3 is 2.47 bits per heavy atom. The molecule has 198 valence electrons. The van der Waals surface area contributed by atoms with Gasteiger partial charge in [-0.05, 0) is 13.3 Å². The highest BCUT2D eigenvalue weighted by Crippen LogP contribution is 2.29. The molecule has 0 radical (unpaired) electrons.